The number of ether oxygens (including phenoxy) is 1. The number of piperazine rings is 1. The molecule has 0 unspecified atom stereocenters. The summed E-state index contributed by atoms with van der Waals surface area (Å²) in [5.74, 6) is 0.782. The Morgan fingerprint density at radius 1 is 1.03 bits per heavy atom. The van der Waals surface area contributed by atoms with E-state index >= 15 is 0 Å². The fraction of sp³-hybridized carbons (Fsp3) is 0.381. The molecule has 0 atom stereocenters. The maximum absolute atomic E-state index is 12.8. The maximum Gasteiger partial charge on any atom is 0.243 e. The number of rotatable bonds is 7. The zero-order valence-electron chi connectivity index (χ0n) is 16.5. The van der Waals surface area contributed by atoms with E-state index in [4.69, 9.17) is 4.74 Å². The first kappa shape index (κ1) is 21.1. The van der Waals surface area contributed by atoms with Crippen LogP contribution < -0.4 is 4.74 Å². The topological polar surface area (TPSA) is 87.2 Å². The summed E-state index contributed by atoms with van der Waals surface area (Å²) in [7, 11) is -3.60. The van der Waals surface area contributed by atoms with Gasteiger partial charge in [0.1, 0.15) is 11.5 Å². The molecule has 1 amide bonds. The van der Waals surface area contributed by atoms with Crippen molar-refractivity contribution >= 4 is 15.9 Å². The van der Waals surface area contributed by atoms with Crippen molar-refractivity contribution in [3.8, 4) is 11.5 Å². The molecule has 29 heavy (non-hydrogen) atoms. The van der Waals surface area contributed by atoms with Crippen molar-refractivity contribution in [2.45, 2.75) is 24.7 Å². The number of carbonyl (C=O) groups is 1. The summed E-state index contributed by atoms with van der Waals surface area (Å²) in [6, 6.07) is 13.3. The minimum absolute atomic E-state index is 0.0358. The third kappa shape index (κ3) is 5.07. The lowest BCUT2D eigenvalue weighted by Gasteiger charge is -2.34. The van der Waals surface area contributed by atoms with Crippen LogP contribution in [-0.2, 0) is 21.2 Å². The van der Waals surface area contributed by atoms with E-state index < -0.39 is 10.0 Å². The van der Waals surface area contributed by atoms with Gasteiger partial charge < -0.3 is 14.7 Å². The van der Waals surface area contributed by atoms with E-state index in [1.54, 1.807) is 47.4 Å². The van der Waals surface area contributed by atoms with Crippen LogP contribution in [0.1, 0.15) is 18.9 Å². The highest BCUT2D eigenvalue weighted by Crippen LogP contribution is 2.22. The standard InChI is InChI=1S/C21H26N2O5S/c1-2-28-18-8-10-19(11-9-18)29(26,27)23-15-13-22(14-16-23)21(25)12-7-17-5-3-4-6-20(17)24/h3-6,8-11,24H,2,7,12-16H2,1H3. The lowest BCUT2D eigenvalue weighted by Crippen LogP contribution is -2.50. The Bertz CT molecular complexity index is 936. The number of nitrogens with zero attached hydrogens (tertiary/aromatic N) is 2. The summed E-state index contributed by atoms with van der Waals surface area (Å²) in [6.45, 7) is 3.63. The van der Waals surface area contributed by atoms with Gasteiger partial charge in [-0.3, -0.25) is 4.79 Å². The molecule has 1 saturated heterocycles. The molecule has 1 N–H and O–H groups in total. The van der Waals surface area contributed by atoms with E-state index in [1.165, 1.54) is 4.31 Å². The first-order valence-electron chi connectivity index (χ1n) is 9.69. The number of carbonyl (C=O) groups excluding carboxylic acids is 1. The predicted molar refractivity (Wildman–Crippen MR) is 109 cm³/mol. The summed E-state index contributed by atoms with van der Waals surface area (Å²) in [5, 5.41) is 9.81. The van der Waals surface area contributed by atoms with Crippen molar-refractivity contribution in [2.75, 3.05) is 32.8 Å². The molecule has 7 nitrogen and oxygen atoms in total. The number of phenolic OH excluding ortho intramolecular Hbond substituents is 1. The Morgan fingerprint density at radius 2 is 1.69 bits per heavy atom. The van der Waals surface area contributed by atoms with Gasteiger partial charge in [-0.25, -0.2) is 8.42 Å². The van der Waals surface area contributed by atoms with Crippen LogP contribution in [0.15, 0.2) is 53.4 Å². The Balaban J connectivity index is 1.55. The summed E-state index contributed by atoms with van der Waals surface area (Å²) in [6.07, 6.45) is 0.736. The van der Waals surface area contributed by atoms with Gasteiger partial charge in [0, 0.05) is 32.6 Å². The fourth-order valence-corrected chi connectivity index (χ4v) is 4.75. The van der Waals surface area contributed by atoms with Gasteiger partial charge >= 0.3 is 0 Å². The molecule has 1 aliphatic rings. The second-order valence-corrected chi connectivity index (χ2v) is 8.76. The molecule has 1 fully saturated rings. The first-order chi connectivity index (χ1) is 13.9. The number of para-hydroxylation sites is 1. The minimum Gasteiger partial charge on any atom is -0.508 e. The first-order valence-corrected chi connectivity index (χ1v) is 11.1. The largest absolute Gasteiger partial charge is 0.508 e. The van der Waals surface area contributed by atoms with Crippen molar-refractivity contribution in [3.63, 3.8) is 0 Å². The molecule has 0 aliphatic carbocycles. The van der Waals surface area contributed by atoms with Crippen LogP contribution in [0.25, 0.3) is 0 Å². The van der Waals surface area contributed by atoms with E-state index in [0.717, 1.165) is 5.56 Å². The van der Waals surface area contributed by atoms with Crippen LogP contribution >= 0.6 is 0 Å². The second kappa shape index (κ2) is 9.28. The Morgan fingerprint density at radius 3 is 2.31 bits per heavy atom. The summed E-state index contributed by atoms with van der Waals surface area (Å²) >= 11 is 0. The summed E-state index contributed by atoms with van der Waals surface area (Å²) in [4.78, 5) is 14.4. The van der Waals surface area contributed by atoms with E-state index in [-0.39, 0.29) is 36.1 Å². The fourth-order valence-electron chi connectivity index (χ4n) is 3.32. The third-order valence-electron chi connectivity index (χ3n) is 4.96. The lowest BCUT2D eigenvalue weighted by molar-refractivity contribution is -0.132. The maximum atomic E-state index is 12.8. The molecular weight excluding hydrogens is 392 g/mol. The molecule has 8 heteroatoms. The van der Waals surface area contributed by atoms with Gasteiger partial charge in [0.05, 0.1) is 11.5 Å². The van der Waals surface area contributed by atoms with Gasteiger partial charge in [0.25, 0.3) is 0 Å². The highest BCUT2D eigenvalue weighted by molar-refractivity contribution is 7.89. The lowest BCUT2D eigenvalue weighted by atomic mass is 10.1. The van der Waals surface area contributed by atoms with Gasteiger partial charge in [0.15, 0.2) is 0 Å². The zero-order valence-corrected chi connectivity index (χ0v) is 17.3. The minimum atomic E-state index is -3.60. The van der Waals surface area contributed by atoms with Crippen LogP contribution in [0.2, 0.25) is 0 Å². The number of hydrogen-bond donors (Lipinski definition) is 1. The number of benzene rings is 2. The average Bonchev–Trinajstić information content (AvgIpc) is 2.74. The monoisotopic (exact) mass is 418 g/mol. The number of hydrogen-bond acceptors (Lipinski definition) is 5. The highest BCUT2D eigenvalue weighted by Gasteiger charge is 2.30. The third-order valence-corrected chi connectivity index (χ3v) is 6.88. The smallest absolute Gasteiger partial charge is 0.243 e. The van der Waals surface area contributed by atoms with E-state index in [9.17, 15) is 18.3 Å². The van der Waals surface area contributed by atoms with Crippen molar-refractivity contribution in [1.82, 2.24) is 9.21 Å². The van der Waals surface area contributed by atoms with Crippen molar-refractivity contribution in [2.24, 2.45) is 0 Å². The zero-order chi connectivity index (χ0) is 20.9. The summed E-state index contributed by atoms with van der Waals surface area (Å²) in [5.41, 5.74) is 0.734. The van der Waals surface area contributed by atoms with Crippen LogP contribution in [0.3, 0.4) is 0 Å². The molecule has 1 aliphatic heterocycles. The van der Waals surface area contributed by atoms with E-state index in [0.29, 0.717) is 31.9 Å². The quantitative estimate of drug-likeness (QED) is 0.745. The number of aryl methyl sites for hydroxylation is 1. The van der Waals surface area contributed by atoms with E-state index in [1.807, 2.05) is 13.0 Å². The van der Waals surface area contributed by atoms with Crippen LogP contribution in [0.4, 0.5) is 0 Å². The molecule has 0 bridgehead atoms. The Labute approximate surface area is 171 Å². The van der Waals surface area contributed by atoms with Gasteiger partial charge in [-0.05, 0) is 49.2 Å². The van der Waals surface area contributed by atoms with Gasteiger partial charge in [-0.2, -0.15) is 4.31 Å². The predicted octanol–water partition coefficient (Wildman–Crippen LogP) is 2.26. The van der Waals surface area contributed by atoms with Crippen molar-refractivity contribution < 1.29 is 23.1 Å². The summed E-state index contributed by atoms with van der Waals surface area (Å²) < 4.78 is 32.4. The number of aromatic hydroxyl groups is 1. The molecule has 1 heterocycles. The molecule has 3 rings (SSSR count). The molecule has 156 valence electrons. The molecule has 2 aromatic rings. The molecule has 0 radical (unpaired) electrons. The number of phenols is 1. The second-order valence-electron chi connectivity index (χ2n) is 6.82. The molecule has 2 aromatic carbocycles. The van der Waals surface area contributed by atoms with Crippen LogP contribution in [0.5, 0.6) is 11.5 Å². The Kier molecular flexibility index (Phi) is 6.76. The van der Waals surface area contributed by atoms with Crippen LogP contribution in [-0.4, -0.2) is 61.4 Å². The molecule has 0 aromatic heterocycles. The molecule has 0 spiro atoms. The Hall–Kier alpha value is -2.58. The average molecular weight is 419 g/mol. The SMILES string of the molecule is CCOc1ccc(S(=O)(=O)N2CCN(C(=O)CCc3ccccc3O)CC2)cc1. The molecule has 0 saturated carbocycles. The van der Waals surface area contributed by atoms with E-state index in [2.05, 4.69) is 0 Å². The molecular formula is C21H26N2O5S. The van der Waals surface area contributed by atoms with Crippen LogP contribution in [0, 0.1) is 0 Å². The normalized spacial score (nSPS) is 15.3. The highest BCUT2D eigenvalue weighted by atomic mass is 32.2. The van der Waals surface area contributed by atoms with Crippen molar-refractivity contribution in [3.05, 3.63) is 54.1 Å². The van der Waals surface area contributed by atoms with Gasteiger partial charge in [0.2, 0.25) is 15.9 Å². The van der Waals surface area contributed by atoms with Crippen molar-refractivity contribution in [1.29, 1.82) is 0 Å². The van der Waals surface area contributed by atoms with Gasteiger partial charge in [-0.15, -0.1) is 0 Å². The number of sulfonamides is 1. The van der Waals surface area contributed by atoms with Gasteiger partial charge in [-0.1, -0.05) is 18.2 Å². The number of amides is 1.